The summed E-state index contributed by atoms with van der Waals surface area (Å²) in [6, 6.07) is 1.95. The largest absolute Gasteiger partial charge is 0.396 e. The van der Waals surface area contributed by atoms with Crippen LogP contribution >= 0.6 is 0 Å². The lowest BCUT2D eigenvalue weighted by atomic mass is 9.82. The van der Waals surface area contributed by atoms with Gasteiger partial charge in [-0.2, -0.15) is 0 Å². The number of nitrogen functional groups attached to an aromatic ring is 1. The van der Waals surface area contributed by atoms with Crippen LogP contribution in [-0.4, -0.2) is 11.5 Å². The summed E-state index contributed by atoms with van der Waals surface area (Å²) in [6.07, 6.45) is 7.24. The third-order valence-corrected chi connectivity index (χ3v) is 3.81. The molecule has 0 spiro atoms. The van der Waals surface area contributed by atoms with Crippen LogP contribution in [0.1, 0.15) is 38.2 Å². The molecule has 1 aromatic heterocycles. The third-order valence-electron chi connectivity index (χ3n) is 3.81. The first-order chi connectivity index (χ1) is 8.16. The first-order valence-corrected chi connectivity index (χ1v) is 6.61. The van der Waals surface area contributed by atoms with Crippen molar-refractivity contribution in [1.82, 2.24) is 4.98 Å². The predicted molar refractivity (Wildman–Crippen MR) is 73.0 cm³/mol. The molecule has 3 nitrogen and oxygen atoms in total. The summed E-state index contributed by atoms with van der Waals surface area (Å²) in [5, 5.41) is 3.41. The van der Waals surface area contributed by atoms with Gasteiger partial charge in [-0.3, -0.25) is 0 Å². The number of aromatic nitrogens is 1. The van der Waals surface area contributed by atoms with Gasteiger partial charge in [-0.25, -0.2) is 4.98 Å². The number of hydrogen-bond donors (Lipinski definition) is 2. The van der Waals surface area contributed by atoms with Crippen LogP contribution in [0.5, 0.6) is 0 Å². The van der Waals surface area contributed by atoms with Crippen LogP contribution in [-0.2, 0) is 0 Å². The molecule has 2 rings (SSSR count). The quantitative estimate of drug-likeness (QED) is 0.843. The van der Waals surface area contributed by atoms with E-state index in [-0.39, 0.29) is 0 Å². The molecule has 0 bridgehead atoms. The predicted octanol–water partition coefficient (Wildman–Crippen LogP) is 3.21. The highest BCUT2D eigenvalue weighted by molar-refractivity contribution is 5.64. The van der Waals surface area contributed by atoms with E-state index in [0.717, 1.165) is 35.4 Å². The lowest BCUT2D eigenvalue weighted by Crippen LogP contribution is -2.21. The van der Waals surface area contributed by atoms with Crippen molar-refractivity contribution in [3.8, 4) is 0 Å². The molecule has 0 amide bonds. The molecule has 1 heterocycles. The minimum Gasteiger partial charge on any atom is -0.396 e. The summed E-state index contributed by atoms with van der Waals surface area (Å²) < 4.78 is 0. The van der Waals surface area contributed by atoms with Gasteiger partial charge in [0.05, 0.1) is 5.69 Å². The highest BCUT2D eigenvalue weighted by Crippen LogP contribution is 2.29. The fraction of sp³-hybridized carbons (Fsp3) is 0.643. The minimum atomic E-state index is 0.778. The normalized spacial score (nSPS) is 24.6. The van der Waals surface area contributed by atoms with Gasteiger partial charge >= 0.3 is 0 Å². The Morgan fingerprint density at radius 1 is 1.47 bits per heavy atom. The number of nitrogens with zero attached hydrogens (tertiary/aromatic N) is 1. The molecule has 1 aromatic rings. The summed E-state index contributed by atoms with van der Waals surface area (Å²) in [7, 11) is 0. The molecule has 3 heteroatoms. The van der Waals surface area contributed by atoms with Crippen molar-refractivity contribution in [2.45, 2.75) is 39.5 Å². The topological polar surface area (TPSA) is 50.9 Å². The van der Waals surface area contributed by atoms with Crippen molar-refractivity contribution >= 4 is 11.5 Å². The van der Waals surface area contributed by atoms with Crippen LogP contribution in [0, 0.1) is 18.8 Å². The van der Waals surface area contributed by atoms with Gasteiger partial charge in [-0.1, -0.05) is 19.8 Å². The van der Waals surface area contributed by atoms with E-state index in [4.69, 9.17) is 5.73 Å². The Labute approximate surface area is 104 Å². The van der Waals surface area contributed by atoms with Crippen molar-refractivity contribution in [1.29, 1.82) is 0 Å². The average molecular weight is 233 g/mol. The summed E-state index contributed by atoms with van der Waals surface area (Å²) in [6.45, 7) is 5.38. The maximum atomic E-state index is 6.00. The Kier molecular flexibility index (Phi) is 3.87. The first-order valence-electron chi connectivity index (χ1n) is 6.61. The minimum absolute atomic E-state index is 0.778. The first kappa shape index (κ1) is 12.2. The lowest BCUT2D eigenvalue weighted by molar-refractivity contribution is 0.293. The Bertz CT molecular complexity index is 376. The van der Waals surface area contributed by atoms with Crippen molar-refractivity contribution in [2.75, 3.05) is 17.6 Å². The van der Waals surface area contributed by atoms with Gasteiger partial charge in [0.15, 0.2) is 0 Å². The second-order valence-electron chi connectivity index (χ2n) is 5.41. The summed E-state index contributed by atoms with van der Waals surface area (Å²) >= 11 is 0. The molecule has 2 unspecified atom stereocenters. The zero-order valence-electron chi connectivity index (χ0n) is 10.9. The Balaban J connectivity index is 1.91. The fourth-order valence-electron chi connectivity index (χ4n) is 2.70. The van der Waals surface area contributed by atoms with Crippen molar-refractivity contribution in [3.63, 3.8) is 0 Å². The Morgan fingerprint density at radius 2 is 2.29 bits per heavy atom. The molecular weight excluding hydrogens is 210 g/mol. The van der Waals surface area contributed by atoms with E-state index in [9.17, 15) is 0 Å². The number of rotatable bonds is 3. The Morgan fingerprint density at radius 3 is 3.06 bits per heavy atom. The SMILES string of the molecule is Cc1ccnc(NCC2CCCC(C)C2)c1N. The van der Waals surface area contributed by atoms with Crippen molar-refractivity contribution < 1.29 is 0 Å². The van der Waals surface area contributed by atoms with E-state index in [1.54, 1.807) is 0 Å². The number of anilines is 2. The molecule has 17 heavy (non-hydrogen) atoms. The summed E-state index contributed by atoms with van der Waals surface area (Å²) in [5.74, 6) is 2.50. The summed E-state index contributed by atoms with van der Waals surface area (Å²) in [4.78, 5) is 4.31. The molecule has 1 aliphatic carbocycles. The molecule has 1 fully saturated rings. The highest BCUT2D eigenvalue weighted by Gasteiger charge is 2.18. The number of nitrogens with two attached hydrogens (primary N) is 1. The molecule has 1 aliphatic rings. The Hall–Kier alpha value is -1.25. The highest BCUT2D eigenvalue weighted by atomic mass is 15.0. The molecule has 0 aromatic carbocycles. The molecule has 2 atom stereocenters. The number of nitrogens with one attached hydrogen (secondary N) is 1. The van der Waals surface area contributed by atoms with E-state index in [2.05, 4.69) is 17.2 Å². The maximum absolute atomic E-state index is 6.00. The van der Waals surface area contributed by atoms with Gasteiger partial charge in [-0.15, -0.1) is 0 Å². The van der Waals surface area contributed by atoms with Crippen LogP contribution in [0.2, 0.25) is 0 Å². The van der Waals surface area contributed by atoms with Crippen LogP contribution in [0.3, 0.4) is 0 Å². The van der Waals surface area contributed by atoms with Crippen LogP contribution in [0.15, 0.2) is 12.3 Å². The molecule has 0 radical (unpaired) electrons. The fourth-order valence-corrected chi connectivity index (χ4v) is 2.70. The monoisotopic (exact) mass is 233 g/mol. The van der Waals surface area contributed by atoms with Gasteiger partial charge in [-0.05, 0) is 43.2 Å². The van der Waals surface area contributed by atoms with Gasteiger partial charge < -0.3 is 11.1 Å². The van der Waals surface area contributed by atoms with Crippen molar-refractivity contribution in [3.05, 3.63) is 17.8 Å². The number of aryl methyl sites for hydroxylation is 1. The van der Waals surface area contributed by atoms with Gasteiger partial charge in [0.2, 0.25) is 0 Å². The second kappa shape index (κ2) is 5.39. The molecule has 94 valence electrons. The van der Waals surface area contributed by atoms with Gasteiger partial charge in [0.1, 0.15) is 5.82 Å². The molecule has 0 aliphatic heterocycles. The van der Waals surface area contributed by atoms with E-state index in [1.165, 1.54) is 25.7 Å². The molecule has 3 N–H and O–H groups in total. The van der Waals surface area contributed by atoms with E-state index < -0.39 is 0 Å². The average Bonchev–Trinajstić information content (AvgIpc) is 2.31. The van der Waals surface area contributed by atoms with Gasteiger partial charge in [0, 0.05) is 12.7 Å². The maximum Gasteiger partial charge on any atom is 0.149 e. The lowest BCUT2D eigenvalue weighted by Gasteiger charge is -2.27. The van der Waals surface area contributed by atoms with E-state index >= 15 is 0 Å². The number of pyridine rings is 1. The smallest absolute Gasteiger partial charge is 0.149 e. The summed E-state index contributed by atoms with van der Waals surface area (Å²) in [5.41, 5.74) is 7.89. The van der Waals surface area contributed by atoms with Crippen LogP contribution in [0.25, 0.3) is 0 Å². The number of hydrogen-bond acceptors (Lipinski definition) is 3. The van der Waals surface area contributed by atoms with Crippen LogP contribution in [0.4, 0.5) is 11.5 Å². The van der Waals surface area contributed by atoms with Gasteiger partial charge in [0.25, 0.3) is 0 Å². The molecule has 0 saturated heterocycles. The van der Waals surface area contributed by atoms with Crippen molar-refractivity contribution in [2.24, 2.45) is 11.8 Å². The third kappa shape index (κ3) is 3.11. The van der Waals surface area contributed by atoms with E-state index in [0.29, 0.717) is 0 Å². The second-order valence-corrected chi connectivity index (χ2v) is 5.41. The molecular formula is C14H23N3. The standard InChI is InChI=1S/C14H23N3/c1-10-4-3-5-12(8-10)9-17-14-13(15)11(2)6-7-16-14/h6-7,10,12H,3-5,8-9,15H2,1-2H3,(H,16,17). The zero-order chi connectivity index (χ0) is 12.3. The zero-order valence-corrected chi connectivity index (χ0v) is 10.9. The van der Waals surface area contributed by atoms with Crippen LogP contribution < -0.4 is 11.1 Å². The van der Waals surface area contributed by atoms with E-state index in [1.807, 2.05) is 19.2 Å². The molecule has 1 saturated carbocycles.